The Morgan fingerprint density at radius 3 is 2.39 bits per heavy atom. The molecule has 1 aliphatic heterocycles. The van der Waals surface area contributed by atoms with E-state index in [1.54, 1.807) is 18.2 Å². The number of unbranched alkanes of at least 4 members (excludes halogenated alkanes) is 4. The van der Waals surface area contributed by atoms with E-state index in [1.807, 2.05) is 0 Å². The number of ether oxygens (including phenoxy) is 4. The minimum absolute atomic E-state index is 0.123. The zero-order chi connectivity index (χ0) is 26.2. The van der Waals surface area contributed by atoms with E-state index in [0.717, 1.165) is 32.1 Å². The number of phenolic OH excluding ortho intramolecular Hbond substituents is 1. The van der Waals surface area contributed by atoms with Crippen molar-refractivity contribution in [2.75, 3.05) is 0 Å². The molecule has 2 aromatic carbocycles. The lowest BCUT2D eigenvalue weighted by atomic mass is 9.81. The molecule has 0 aliphatic carbocycles. The molecule has 3 rings (SSSR count). The van der Waals surface area contributed by atoms with Crippen LogP contribution >= 0.6 is 0 Å². The summed E-state index contributed by atoms with van der Waals surface area (Å²) in [5, 5.41) is 21.1. The summed E-state index contributed by atoms with van der Waals surface area (Å²) in [6, 6.07) is 7.50. The average molecular weight is 484 g/mol. The van der Waals surface area contributed by atoms with Crippen molar-refractivity contribution in [2.45, 2.75) is 75.9 Å². The van der Waals surface area contributed by atoms with Crippen molar-refractivity contribution in [3.8, 4) is 28.7 Å². The van der Waals surface area contributed by atoms with E-state index in [9.17, 15) is 15.0 Å². The number of phenols is 1. The quantitative estimate of drug-likeness (QED) is 0.207. The minimum Gasteiger partial charge on any atom is -0.508 e. The number of hydrogen-bond donors (Lipinski definition) is 2. The van der Waals surface area contributed by atoms with Gasteiger partial charge in [0, 0.05) is 42.3 Å². The van der Waals surface area contributed by atoms with Crippen molar-refractivity contribution in [3.05, 3.63) is 41.5 Å². The lowest BCUT2D eigenvalue weighted by Gasteiger charge is -2.32. The first kappa shape index (κ1) is 27.9. The molecule has 36 heavy (non-hydrogen) atoms. The highest BCUT2D eigenvalue weighted by Gasteiger charge is 2.33. The monoisotopic (exact) mass is 484 g/mol. The molecule has 0 bridgehead atoms. The maximum absolute atomic E-state index is 12.4. The average Bonchev–Trinajstić information content (AvgIpc) is 2.79. The molecule has 2 N–H and O–H groups in total. The molecule has 0 saturated heterocycles. The maximum Gasteiger partial charge on any atom is 0.311 e. The third-order valence-corrected chi connectivity index (χ3v) is 5.70. The van der Waals surface area contributed by atoms with E-state index in [-0.39, 0.29) is 35.8 Å². The molecular weight excluding hydrogens is 456 g/mol. The Kier molecular flexibility index (Phi) is 10.1. The van der Waals surface area contributed by atoms with Crippen molar-refractivity contribution in [1.29, 1.82) is 0 Å². The van der Waals surface area contributed by atoms with E-state index in [1.165, 1.54) is 12.1 Å². The first-order valence-electron chi connectivity index (χ1n) is 12.1. The Balaban J connectivity index is 1.79. The van der Waals surface area contributed by atoms with Crippen LogP contribution in [-0.4, -0.2) is 65.5 Å². The number of hydrogen-bond acceptors (Lipinski definition) is 7. The number of benzene rings is 2. The Hall–Kier alpha value is -2.67. The fraction of sp³-hybridized carbons (Fsp3) is 0.480. The number of fused-ring (bicyclic) bond motifs is 1. The molecule has 0 unspecified atom stereocenters. The highest BCUT2D eigenvalue weighted by molar-refractivity contribution is 6.35. The standard InChI is InChI=1S/C25H28B4O7/c1-2-3-4-5-6-7-22(32)33-19-11-15(30)12-20-16(19)13-17(31)23(34-20)14-8-9-18(35-24(26)27)21(10-14)36-25(28)29/h8-12,17,23-25,30-31H,2-7,13H2,1H3/t17-,23-/m0/s1. The van der Waals surface area contributed by atoms with Crippen LogP contribution in [0, 0.1) is 0 Å². The minimum atomic E-state index is -1.14. The summed E-state index contributed by atoms with van der Waals surface area (Å²) in [5.74, 6) is -1.95. The molecule has 1 heterocycles. The lowest BCUT2D eigenvalue weighted by molar-refractivity contribution is -0.134. The zero-order valence-corrected chi connectivity index (χ0v) is 20.4. The number of carbonyl (C=O) groups is 1. The summed E-state index contributed by atoms with van der Waals surface area (Å²) in [5.41, 5.74) is 1.01. The predicted octanol–water partition coefficient (Wildman–Crippen LogP) is 2.69. The summed E-state index contributed by atoms with van der Waals surface area (Å²) in [7, 11) is 22.1. The maximum atomic E-state index is 12.4. The summed E-state index contributed by atoms with van der Waals surface area (Å²) in [6.45, 7) is 2.13. The molecule has 0 spiro atoms. The van der Waals surface area contributed by atoms with Gasteiger partial charge in [0.15, 0.2) is 11.5 Å². The Morgan fingerprint density at radius 2 is 1.69 bits per heavy atom. The second-order valence-electron chi connectivity index (χ2n) is 8.74. The van der Waals surface area contributed by atoms with Gasteiger partial charge in [-0.25, -0.2) is 0 Å². The predicted molar refractivity (Wildman–Crippen MR) is 138 cm³/mol. The van der Waals surface area contributed by atoms with Crippen LogP contribution in [0.1, 0.15) is 62.7 Å². The van der Waals surface area contributed by atoms with E-state index in [0.29, 0.717) is 16.9 Å². The van der Waals surface area contributed by atoms with Gasteiger partial charge in [-0.3, -0.25) is 4.79 Å². The molecule has 2 aromatic rings. The van der Waals surface area contributed by atoms with Crippen LogP contribution in [0.5, 0.6) is 28.7 Å². The van der Waals surface area contributed by atoms with Gasteiger partial charge in [0.2, 0.25) is 0 Å². The van der Waals surface area contributed by atoms with E-state index in [2.05, 4.69) is 6.92 Å². The molecule has 0 amide bonds. The first-order valence-corrected chi connectivity index (χ1v) is 12.1. The second-order valence-corrected chi connectivity index (χ2v) is 8.74. The van der Waals surface area contributed by atoms with Gasteiger partial charge in [-0.2, -0.15) is 0 Å². The van der Waals surface area contributed by atoms with E-state index >= 15 is 0 Å². The molecule has 0 aromatic heterocycles. The van der Waals surface area contributed by atoms with Crippen LogP contribution in [0.25, 0.3) is 0 Å². The lowest BCUT2D eigenvalue weighted by Crippen LogP contribution is -2.31. The highest BCUT2D eigenvalue weighted by Crippen LogP contribution is 2.43. The molecule has 1 aliphatic rings. The normalized spacial score (nSPS) is 16.9. The molecule has 0 fully saturated rings. The van der Waals surface area contributed by atoms with Gasteiger partial charge in [-0.1, -0.05) is 38.7 Å². The molecule has 8 radical (unpaired) electrons. The molecular formula is C25H28B4O7. The summed E-state index contributed by atoms with van der Waals surface area (Å²) >= 11 is 0. The smallest absolute Gasteiger partial charge is 0.311 e. The molecule has 7 nitrogen and oxygen atoms in total. The van der Waals surface area contributed by atoms with Gasteiger partial charge in [-0.05, 0) is 24.1 Å². The van der Waals surface area contributed by atoms with Crippen LogP contribution in [0.15, 0.2) is 30.3 Å². The highest BCUT2D eigenvalue weighted by atomic mass is 16.5. The second kappa shape index (κ2) is 13.0. The van der Waals surface area contributed by atoms with Crippen molar-refractivity contribution >= 4 is 37.4 Å². The van der Waals surface area contributed by atoms with Crippen LogP contribution < -0.4 is 18.9 Å². The number of esters is 1. The number of carbonyl (C=O) groups excluding carboxylic acids is 1. The Morgan fingerprint density at radius 1 is 1.00 bits per heavy atom. The number of rotatable bonds is 12. The van der Waals surface area contributed by atoms with Gasteiger partial charge in [0.25, 0.3) is 0 Å². The SMILES string of the molecule is [B]C([B])Oc1ccc([C@@H]2Oc3cc(O)cc(OC(=O)CCCCCCC)c3C[C@@H]2O)cc1OC([B])[B]. The van der Waals surface area contributed by atoms with E-state index < -0.39 is 30.0 Å². The fourth-order valence-electron chi connectivity index (χ4n) is 4.06. The van der Waals surface area contributed by atoms with Crippen molar-refractivity contribution in [1.82, 2.24) is 0 Å². The van der Waals surface area contributed by atoms with Gasteiger partial charge in [0.1, 0.15) is 54.7 Å². The van der Waals surface area contributed by atoms with Gasteiger partial charge >= 0.3 is 5.97 Å². The first-order chi connectivity index (χ1) is 17.2. The zero-order valence-electron chi connectivity index (χ0n) is 20.4. The molecule has 182 valence electrons. The summed E-state index contributed by atoms with van der Waals surface area (Å²) < 4.78 is 22.3. The van der Waals surface area contributed by atoms with Crippen molar-refractivity contribution < 1.29 is 34.0 Å². The fourth-order valence-corrected chi connectivity index (χ4v) is 4.06. The van der Waals surface area contributed by atoms with Gasteiger partial charge in [0.05, 0.1) is 6.10 Å². The Bertz CT molecular complexity index is 1030. The largest absolute Gasteiger partial charge is 0.508 e. The third kappa shape index (κ3) is 7.66. The van der Waals surface area contributed by atoms with E-state index in [4.69, 9.17) is 50.3 Å². The van der Waals surface area contributed by atoms with Crippen LogP contribution in [0.2, 0.25) is 0 Å². The third-order valence-electron chi connectivity index (χ3n) is 5.70. The van der Waals surface area contributed by atoms with Crippen LogP contribution in [0.4, 0.5) is 0 Å². The van der Waals surface area contributed by atoms with Crippen molar-refractivity contribution in [2.24, 2.45) is 0 Å². The van der Waals surface area contributed by atoms with Gasteiger partial charge < -0.3 is 29.2 Å². The Labute approximate surface area is 217 Å². The molecule has 2 atom stereocenters. The van der Waals surface area contributed by atoms with Crippen LogP contribution in [0.3, 0.4) is 0 Å². The summed E-state index contributed by atoms with van der Waals surface area (Å²) in [6.07, 6.45) is 3.56. The van der Waals surface area contributed by atoms with Gasteiger partial charge in [-0.15, -0.1) is 0 Å². The number of aliphatic hydroxyl groups excluding tert-OH is 1. The number of aliphatic hydroxyl groups is 1. The molecule has 11 heteroatoms. The van der Waals surface area contributed by atoms with Crippen molar-refractivity contribution in [3.63, 3.8) is 0 Å². The van der Waals surface area contributed by atoms with Crippen LogP contribution in [-0.2, 0) is 11.2 Å². The number of aromatic hydroxyl groups is 1. The topological polar surface area (TPSA) is 94.5 Å². The summed E-state index contributed by atoms with van der Waals surface area (Å²) in [4.78, 5) is 12.4. The molecule has 0 saturated carbocycles.